The smallest absolute Gasteiger partial charge is 0.429 e. The second-order valence-corrected chi connectivity index (χ2v) is 8.75. The van der Waals surface area contributed by atoms with Crippen molar-refractivity contribution < 1.29 is 53.4 Å². The van der Waals surface area contributed by atoms with Crippen molar-refractivity contribution in [2.45, 2.75) is 43.3 Å². The number of aryl methyl sites for hydroxylation is 1. The molecular formula is C23H18F10N6O2. The van der Waals surface area contributed by atoms with Gasteiger partial charge in [0.15, 0.2) is 17.3 Å². The summed E-state index contributed by atoms with van der Waals surface area (Å²) in [5.41, 5.74) is -6.39. The molecule has 8 nitrogen and oxygen atoms in total. The van der Waals surface area contributed by atoms with Gasteiger partial charge in [-0.25, -0.2) is 4.68 Å². The number of carbonyl (C=O) groups is 1. The van der Waals surface area contributed by atoms with Crippen LogP contribution < -0.4 is 10.1 Å². The number of nitriles is 1. The van der Waals surface area contributed by atoms with Gasteiger partial charge < -0.3 is 20.4 Å². The van der Waals surface area contributed by atoms with Crippen LogP contribution in [0.25, 0.3) is 5.57 Å². The molecule has 1 saturated carbocycles. The Morgan fingerprint density at radius 2 is 1.83 bits per heavy atom. The summed E-state index contributed by atoms with van der Waals surface area (Å²) in [5, 5.41) is 22.0. The molecule has 3 rings (SSSR count). The van der Waals surface area contributed by atoms with Crippen LogP contribution in [0.4, 0.5) is 49.7 Å². The summed E-state index contributed by atoms with van der Waals surface area (Å²) in [6, 6.07) is 3.94. The van der Waals surface area contributed by atoms with E-state index in [0.29, 0.717) is 23.2 Å². The van der Waals surface area contributed by atoms with Crippen molar-refractivity contribution in [2.24, 2.45) is 7.05 Å². The number of rotatable bonds is 9. The zero-order valence-electron chi connectivity index (χ0n) is 20.8. The molecule has 1 aliphatic carbocycles. The first-order valence-corrected chi connectivity index (χ1v) is 11.2. The molecule has 0 aliphatic heterocycles. The van der Waals surface area contributed by atoms with E-state index in [2.05, 4.69) is 15.2 Å². The fourth-order valence-electron chi connectivity index (χ4n) is 3.72. The Morgan fingerprint density at radius 1 is 1.22 bits per heavy atom. The van der Waals surface area contributed by atoms with Gasteiger partial charge >= 0.3 is 24.9 Å². The van der Waals surface area contributed by atoms with Crippen molar-refractivity contribution in [3.05, 3.63) is 46.8 Å². The minimum Gasteiger partial charge on any atom is -0.429 e. The molecular weight excluding hydrogens is 582 g/mol. The van der Waals surface area contributed by atoms with Crippen LogP contribution >= 0.6 is 0 Å². The zero-order valence-corrected chi connectivity index (χ0v) is 20.8. The summed E-state index contributed by atoms with van der Waals surface area (Å²) < 4.78 is 138. The Balaban J connectivity index is 2.09. The van der Waals surface area contributed by atoms with Crippen LogP contribution in [0.2, 0.25) is 0 Å². The molecule has 1 amide bonds. The van der Waals surface area contributed by atoms with Crippen molar-refractivity contribution in [3.63, 3.8) is 0 Å². The molecule has 222 valence electrons. The fraction of sp³-hybridized carbons (Fsp3) is 0.391. The lowest BCUT2D eigenvalue weighted by atomic mass is 9.98. The molecule has 0 unspecified atom stereocenters. The van der Waals surface area contributed by atoms with E-state index in [1.165, 1.54) is 0 Å². The first-order valence-electron chi connectivity index (χ1n) is 11.2. The summed E-state index contributed by atoms with van der Waals surface area (Å²) in [4.78, 5) is 13.8. The molecule has 1 aromatic heterocycles. The third-order valence-electron chi connectivity index (χ3n) is 6.15. The lowest BCUT2D eigenvalue weighted by Gasteiger charge is -2.24. The second-order valence-electron chi connectivity index (χ2n) is 8.75. The van der Waals surface area contributed by atoms with Gasteiger partial charge in [-0.3, -0.25) is 4.79 Å². The van der Waals surface area contributed by atoms with Crippen LogP contribution in [-0.2, 0) is 19.1 Å². The van der Waals surface area contributed by atoms with E-state index in [9.17, 15) is 54.0 Å². The van der Waals surface area contributed by atoms with E-state index in [4.69, 9.17) is 5.41 Å². The van der Waals surface area contributed by atoms with E-state index < -0.39 is 64.7 Å². The molecule has 0 atom stereocenters. The van der Waals surface area contributed by atoms with Crippen LogP contribution in [0.5, 0.6) is 5.75 Å². The number of nitrogens with one attached hydrogen (secondary N) is 2. The molecule has 0 spiro atoms. The Bertz CT molecular complexity index is 1420. The van der Waals surface area contributed by atoms with Crippen LogP contribution in [0.1, 0.15) is 40.0 Å². The SMILES string of the molecule is CN(C(=O)c1cc(/C(C=N)=C/Nc2c(OC(F)F)c(C(F)(F)C(F)(F)F)nn2C)ccc1C(F)(F)F)C1(C#N)CC1. The Kier molecular flexibility index (Phi) is 8.07. The number of ether oxygens (including phenoxy) is 1. The summed E-state index contributed by atoms with van der Waals surface area (Å²) >= 11 is 0. The fourth-order valence-corrected chi connectivity index (χ4v) is 3.72. The quantitative estimate of drug-likeness (QED) is 0.274. The maximum Gasteiger partial charge on any atom is 0.459 e. The van der Waals surface area contributed by atoms with Gasteiger partial charge in [0, 0.05) is 32.1 Å². The molecule has 2 aromatic rings. The number of aromatic nitrogens is 2. The number of hydrogen-bond acceptors (Lipinski definition) is 6. The molecule has 0 saturated heterocycles. The maximum absolute atomic E-state index is 14.0. The van der Waals surface area contributed by atoms with Crippen LogP contribution in [0.3, 0.4) is 0 Å². The minimum atomic E-state index is -6.24. The largest absolute Gasteiger partial charge is 0.459 e. The number of halogens is 10. The Labute approximate surface area is 224 Å². The molecule has 1 fully saturated rings. The van der Waals surface area contributed by atoms with Crippen molar-refractivity contribution in [1.29, 1.82) is 10.7 Å². The summed E-state index contributed by atoms with van der Waals surface area (Å²) in [6.45, 7) is -3.86. The molecule has 0 bridgehead atoms. The first kappa shape index (κ1) is 31.2. The Hall–Kier alpha value is -4.30. The molecule has 2 N–H and O–H groups in total. The number of nitrogens with zero attached hydrogens (tertiary/aromatic N) is 4. The van der Waals surface area contributed by atoms with Crippen LogP contribution in [-0.4, -0.2) is 52.2 Å². The summed E-state index contributed by atoms with van der Waals surface area (Å²) in [6.07, 6.45) is -9.58. The predicted octanol–water partition coefficient (Wildman–Crippen LogP) is 5.93. The summed E-state index contributed by atoms with van der Waals surface area (Å²) in [7, 11) is 1.95. The second kappa shape index (κ2) is 10.6. The average molecular weight is 600 g/mol. The van der Waals surface area contributed by atoms with Gasteiger partial charge in [-0.2, -0.15) is 54.3 Å². The normalized spacial score (nSPS) is 15.4. The van der Waals surface area contributed by atoms with Gasteiger partial charge in [0.1, 0.15) is 5.54 Å². The van der Waals surface area contributed by atoms with Gasteiger partial charge in [-0.1, -0.05) is 6.07 Å². The Morgan fingerprint density at radius 3 is 2.29 bits per heavy atom. The topological polar surface area (TPSA) is 107 Å². The summed E-state index contributed by atoms with van der Waals surface area (Å²) in [5.74, 6) is -9.52. The zero-order chi connectivity index (χ0) is 31.1. The van der Waals surface area contributed by atoms with Crippen LogP contribution in [0.15, 0.2) is 24.4 Å². The molecule has 41 heavy (non-hydrogen) atoms. The first-order chi connectivity index (χ1) is 18.8. The van der Waals surface area contributed by atoms with Crippen molar-refractivity contribution >= 4 is 23.5 Å². The number of amides is 1. The van der Waals surface area contributed by atoms with Gasteiger partial charge in [-0.15, -0.1) is 0 Å². The highest BCUT2D eigenvalue weighted by Crippen LogP contribution is 2.49. The number of carbonyl (C=O) groups excluding carboxylic acids is 1. The number of hydrogen-bond donors (Lipinski definition) is 2. The van der Waals surface area contributed by atoms with Gasteiger partial charge in [0.05, 0.1) is 17.2 Å². The third-order valence-corrected chi connectivity index (χ3v) is 6.15. The highest BCUT2D eigenvalue weighted by Gasteiger charge is 2.62. The van der Waals surface area contributed by atoms with Gasteiger partial charge in [0.2, 0.25) is 0 Å². The number of benzene rings is 1. The van der Waals surface area contributed by atoms with Crippen LogP contribution in [0, 0.1) is 16.7 Å². The molecule has 1 heterocycles. The number of allylic oxidation sites excluding steroid dienone is 1. The van der Waals surface area contributed by atoms with Gasteiger partial charge in [0.25, 0.3) is 5.91 Å². The van der Waals surface area contributed by atoms with E-state index in [0.717, 1.165) is 31.1 Å². The number of alkyl halides is 10. The molecule has 1 aromatic carbocycles. The molecule has 0 radical (unpaired) electrons. The van der Waals surface area contributed by atoms with E-state index in [-0.39, 0.29) is 24.0 Å². The number of anilines is 1. The highest BCUT2D eigenvalue weighted by atomic mass is 19.4. The highest BCUT2D eigenvalue weighted by molar-refractivity contribution is 6.09. The standard InChI is InChI=1S/C23H18F10N6O2/c1-38(20(10-35)5-6-20)18(40)13-7-11(3-4-14(13)22(28,29)30)12(8-34)9-36-17-15(41-19(24)25)16(37-39(17)2)21(26,27)23(31,32)33/h3-4,7-9,19,34,36H,5-6H2,1-2H3/b12-9+,34-8?. The lowest BCUT2D eigenvalue weighted by molar-refractivity contribution is -0.291. The minimum absolute atomic E-state index is 0.228. The lowest BCUT2D eigenvalue weighted by Crippen LogP contribution is -2.38. The van der Waals surface area contributed by atoms with Crippen molar-refractivity contribution in [1.82, 2.24) is 14.7 Å². The molecule has 18 heteroatoms. The van der Waals surface area contributed by atoms with E-state index in [1.54, 1.807) is 0 Å². The average Bonchev–Trinajstić information content (AvgIpc) is 3.61. The van der Waals surface area contributed by atoms with Crippen molar-refractivity contribution in [2.75, 3.05) is 12.4 Å². The van der Waals surface area contributed by atoms with E-state index in [1.807, 2.05) is 6.07 Å². The third kappa shape index (κ3) is 5.93. The van der Waals surface area contributed by atoms with Crippen molar-refractivity contribution in [3.8, 4) is 11.8 Å². The molecule has 1 aliphatic rings. The van der Waals surface area contributed by atoms with E-state index >= 15 is 0 Å². The maximum atomic E-state index is 14.0. The predicted molar refractivity (Wildman–Crippen MR) is 121 cm³/mol. The van der Waals surface area contributed by atoms with Gasteiger partial charge in [-0.05, 0) is 30.5 Å². The monoisotopic (exact) mass is 600 g/mol.